The van der Waals surface area contributed by atoms with Crippen molar-refractivity contribution in [2.24, 2.45) is 7.05 Å². The Morgan fingerprint density at radius 3 is 3.12 bits per heavy atom. The molecule has 1 aromatic rings. The zero-order valence-corrected chi connectivity index (χ0v) is 9.72. The van der Waals surface area contributed by atoms with E-state index in [0.717, 1.165) is 19.4 Å². The van der Waals surface area contributed by atoms with Crippen LogP contribution in [0.15, 0.2) is 12.5 Å². The lowest BCUT2D eigenvalue weighted by molar-refractivity contribution is 0.0625. The number of hydrogen-bond acceptors (Lipinski definition) is 3. The second-order valence-electron chi connectivity index (χ2n) is 4.17. The Kier molecular flexibility index (Phi) is 3.24. The van der Waals surface area contributed by atoms with Crippen molar-refractivity contribution in [3.8, 4) is 0 Å². The first-order valence-corrected chi connectivity index (χ1v) is 5.50. The molecule has 0 aromatic carbocycles. The first-order chi connectivity index (χ1) is 7.72. The van der Waals surface area contributed by atoms with Crippen LogP contribution in [0.1, 0.15) is 23.3 Å². The van der Waals surface area contributed by atoms with Crippen molar-refractivity contribution < 1.29 is 9.53 Å². The maximum absolute atomic E-state index is 12.1. The van der Waals surface area contributed by atoms with Crippen LogP contribution >= 0.6 is 0 Å². The van der Waals surface area contributed by atoms with Gasteiger partial charge in [-0.25, -0.2) is 4.98 Å². The van der Waals surface area contributed by atoms with Crippen LogP contribution < -0.4 is 0 Å². The number of imidazole rings is 1. The quantitative estimate of drug-likeness (QED) is 0.756. The van der Waals surface area contributed by atoms with Crippen LogP contribution in [0.5, 0.6) is 0 Å². The van der Waals surface area contributed by atoms with Gasteiger partial charge in [-0.05, 0) is 12.8 Å². The van der Waals surface area contributed by atoms with Crippen molar-refractivity contribution in [3.05, 3.63) is 18.2 Å². The van der Waals surface area contributed by atoms with Crippen molar-refractivity contribution in [3.63, 3.8) is 0 Å². The smallest absolute Gasteiger partial charge is 0.274 e. The summed E-state index contributed by atoms with van der Waals surface area (Å²) < 4.78 is 6.91. The first-order valence-electron chi connectivity index (χ1n) is 5.50. The van der Waals surface area contributed by atoms with Crippen molar-refractivity contribution in [1.82, 2.24) is 14.5 Å². The third-order valence-electron chi connectivity index (χ3n) is 2.92. The Labute approximate surface area is 95.0 Å². The standard InChI is InChI=1S/C11H17N3O2/c1-13-6-10(12-8-13)11(15)14-5-3-4-9(14)7-16-2/h6,8-9H,3-5,7H2,1-2H3. The fraction of sp³-hybridized carbons (Fsp3) is 0.636. The molecular formula is C11H17N3O2. The fourth-order valence-electron chi connectivity index (χ4n) is 2.14. The third-order valence-corrected chi connectivity index (χ3v) is 2.92. The Bertz CT molecular complexity index is 375. The second kappa shape index (κ2) is 4.65. The van der Waals surface area contributed by atoms with Crippen molar-refractivity contribution >= 4 is 5.91 Å². The Hall–Kier alpha value is -1.36. The summed E-state index contributed by atoms with van der Waals surface area (Å²) in [6, 6.07) is 0.208. The van der Waals surface area contributed by atoms with Crippen LogP contribution in [0.3, 0.4) is 0 Å². The van der Waals surface area contributed by atoms with E-state index in [0.29, 0.717) is 12.3 Å². The maximum Gasteiger partial charge on any atom is 0.274 e. The van der Waals surface area contributed by atoms with E-state index in [9.17, 15) is 4.79 Å². The highest BCUT2D eigenvalue weighted by Gasteiger charge is 2.30. The zero-order valence-electron chi connectivity index (χ0n) is 9.72. The van der Waals surface area contributed by atoms with Crippen LogP contribution in [0.2, 0.25) is 0 Å². The Balaban J connectivity index is 2.09. The van der Waals surface area contributed by atoms with Gasteiger partial charge in [0.1, 0.15) is 5.69 Å². The summed E-state index contributed by atoms with van der Waals surface area (Å²) in [5.74, 6) is 0.0140. The molecule has 5 heteroatoms. The van der Waals surface area contributed by atoms with Crippen LogP contribution in [0, 0.1) is 0 Å². The number of rotatable bonds is 3. The number of carbonyl (C=O) groups excluding carboxylic acids is 1. The van der Waals surface area contributed by atoms with Gasteiger partial charge in [-0.3, -0.25) is 4.79 Å². The van der Waals surface area contributed by atoms with E-state index in [1.54, 1.807) is 24.2 Å². The molecular weight excluding hydrogens is 206 g/mol. The van der Waals surface area contributed by atoms with Gasteiger partial charge in [-0.1, -0.05) is 0 Å². The molecule has 1 aromatic heterocycles. The number of ether oxygens (including phenoxy) is 1. The second-order valence-corrected chi connectivity index (χ2v) is 4.17. The highest BCUT2D eigenvalue weighted by atomic mass is 16.5. The molecule has 0 spiro atoms. The average molecular weight is 223 g/mol. The molecule has 1 aliphatic heterocycles. The van der Waals surface area contributed by atoms with Gasteiger partial charge in [0.15, 0.2) is 0 Å². The minimum Gasteiger partial charge on any atom is -0.383 e. The molecule has 1 saturated heterocycles. The number of hydrogen-bond donors (Lipinski definition) is 0. The van der Waals surface area contributed by atoms with E-state index in [-0.39, 0.29) is 11.9 Å². The van der Waals surface area contributed by atoms with E-state index in [2.05, 4.69) is 4.98 Å². The van der Waals surface area contributed by atoms with Crippen LogP contribution in [0.4, 0.5) is 0 Å². The van der Waals surface area contributed by atoms with E-state index < -0.39 is 0 Å². The maximum atomic E-state index is 12.1. The van der Waals surface area contributed by atoms with Gasteiger partial charge in [0.25, 0.3) is 5.91 Å². The minimum atomic E-state index is 0.0140. The predicted molar refractivity (Wildman–Crippen MR) is 59.1 cm³/mol. The topological polar surface area (TPSA) is 47.4 Å². The summed E-state index contributed by atoms with van der Waals surface area (Å²) in [6.45, 7) is 1.42. The van der Waals surface area contributed by atoms with Crippen molar-refractivity contribution in [1.29, 1.82) is 0 Å². The van der Waals surface area contributed by atoms with Gasteiger partial charge in [0, 0.05) is 26.9 Å². The van der Waals surface area contributed by atoms with E-state index in [1.165, 1.54) is 0 Å². The summed E-state index contributed by atoms with van der Waals surface area (Å²) in [5.41, 5.74) is 0.519. The predicted octanol–water partition coefficient (Wildman–Crippen LogP) is 0.671. The first kappa shape index (κ1) is 11.1. The molecule has 0 saturated carbocycles. The lowest BCUT2D eigenvalue weighted by atomic mass is 10.2. The molecule has 2 heterocycles. The average Bonchev–Trinajstić information content (AvgIpc) is 2.87. The van der Waals surface area contributed by atoms with Gasteiger partial charge < -0.3 is 14.2 Å². The molecule has 0 bridgehead atoms. The number of likely N-dealkylation sites (tertiary alicyclic amines) is 1. The number of nitrogens with zero attached hydrogens (tertiary/aromatic N) is 3. The minimum absolute atomic E-state index is 0.0140. The third kappa shape index (κ3) is 2.09. The van der Waals surface area contributed by atoms with Crippen LogP contribution in [-0.2, 0) is 11.8 Å². The lowest BCUT2D eigenvalue weighted by Gasteiger charge is -2.23. The monoisotopic (exact) mass is 223 g/mol. The molecule has 1 aliphatic rings. The van der Waals surface area contributed by atoms with Gasteiger partial charge in [-0.15, -0.1) is 0 Å². The molecule has 88 valence electrons. The Morgan fingerprint density at radius 2 is 2.50 bits per heavy atom. The number of methoxy groups -OCH3 is 1. The zero-order chi connectivity index (χ0) is 11.5. The van der Waals surface area contributed by atoms with Gasteiger partial charge in [-0.2, -0.15) is 0 Å². The molecule has 1 fully saturated rings. The van der Waals surface area contributed by atoms with E-state index in [4.69, 9.17) is 4.74 Å². The Morgan fingerprint density at radius 1 is 1.69 bits per heavy atom. The van der Waals surface area contributed by atoms with Crippen LogP contribution in [0.25, 0.3) is 0 Å². The van der Waals surface area contributed by atoms with E-state index >= 15 is 0 Å². The molecule has 16 heavy (non-hydrogen) atoms. The molecule has 0 N–H and O–H groups in total. The van der Waals surface area contributed by atoms with Crippen LogP contribution in [-0.4, -0.2) is 46.7 Å². The molecule has 0 radical (unpaired) electrons. The summed E-state index contributed by atoms with van der Waals surface area (Å²) in [6.07, 6.45) is 5.47. The van der Waals surface area contributed by atoms with Gasteiger partial charge in [0.05, 0.1) is 19.0 Å². The number of aryl methyl sites for hydroxylation is 1. The van der Waals surface area contributed by atoms with Gasteiger partial charge in [0.2, 0.25) is 0 Å². The largest absolute Gasteiger partial charge is 0.383 e. The SMILES string of the molecule is COCC1CCCN1C(=O)c1cn(C)cn1. The number of aromatic nitrogens is 2. The summed E-state index contributed by atoms with van der Waals surface area (Å²) in [4.78, 5) is 18.1. The van der Waals surface area contributed by atoms with Crippen molar-refractivity contribution in [2.45, 2.75) is 18.9 Å². The number of carbonyl (C=O) groups is 1. The van der Waals surface area contributed by atoms with Crippen molar-refractivity contribution in [2.75, 3.05) is 20.3 Å². The summed E-state index contributed by atoms with van der Waals surface area (Å²) >= 11 is 0. The highest BCUT2D eigenvalue weighted by molar-refractivity contribution is 5.92. The highest BCUT2D eigenvalue weighted by Crippen LogP contribution is 2.19. The normalized spacial score (nSPS) is 20.4. The lowest BCUT2D eigenvalue weighted by Crippen LogP contribution is -2.38. The fourth-order valence-corrected chi connectivity index (χ4v) is 2.14. The molecule has 5 nitrogen and oxygen atoms in total. The molecule has 1 unspecified atom stereocenters. The molecule has 0 aliphatic carbocycles. The molecule has 1 amide bonds. The summed E-state index contributed by atoms with van der Waals surface area (Å²) in [7, 11) is 3.53. The van der Waals surface area contributed by atoms with E-state index in [1.807, 2.05) is 11.9 Å². The summed E-state index contributed by atoms with van der Waals surface area (Å²) in [5, 5.41) is 0. The van der Waals surface area contributed by atoms with Gasteiger partial charge >= 0.3 is 0 Å². The number of amides is 1. The molecule has 2 rings (SSSR count). The molecule has 1 atom stereocenters.